The first-order valence-electron chi connectivity index (χ1n) is 8.48. The third kappa shape index (κ3) is 11.5. The monoisotopic (exact) mass is 452 g/mol. The molecule has 2 atom stereocenters. The van der Waals surface area contributed by atoms with Crippen molar-refractivity contribution in [2.45, 2.75) is 25.9 Å². The van der Waals surface area contributed by atoms with E-state index in [1.54, 1.807) is 13.8 Å². The molecule has 0 aromatic heterocycles. The summed E-state index contributed by atoms with van der Waals surface area (Å²) in [5.74, 6) is -6.40. The van der Waals surface area contributed by atoms with Crippen LogP contribution in [0.4, 0.5) is 0 Å². The van der Waals surface area contributed by atoms with Crippen molar-refractivity contribution < 1.29 is 43.3 Å². The number of carboxylic acid groups (broad SMARTS) is 1. The summed E-state index contributed by atoms with van der Waals surface area (Å²) in [6.45, 7) is 3.21. The summed E-state index contributed by atoms with van der Waals surface area (Å²) in [4.78, 5) is 68.6. The molecule has 0 aliphatic rings. The fraction of sp³-hybridized carbons (Fsp3) is 0.625. The van der Waals surface area contributed by atoms with E-state index in [4.69, 9.17) is 5.73 Å². The predicted octanol–water partition coefficient (Wildman–Crippen LogP) is -1.39. The number of rotatable bonds is 15. The molecule has 0 saturated carbocycles. The minimum absolute atomic E-state index is 0.0300. The average Bonchev–Trinajstić information content (AvgIpc) is 2.66. The first-order chi connectivity index (χ1) is 13.6. The lowest BCUT2D eigenvalue weighted by molar-refractivity contribution is -0.152. The van der Waals surface area contributed by atoms with Crippen LogP contribution in [0.5, 0.6) is 0 Å². The molecule has 29 heavy (non-hydrogen) atoms. The van der Waals surface area contributed by atoms with E-state index in [0.717, 1.165) is 23.5 Å². The number of hydrogen-bond donors (Lipinski definition) is 3. The van der Waals surface area contributed by atoms with Crippen molar-refractivity contribution in [3.8, 4) is 0 Å². The number of hydrogen-bond acceptors (Lipinski definition) is 11. The number of aliphatic carboxylic acids is 1. The van der Waals surface area contributed by atoms with E-state index in [2.05, 4.69) is 14.8 Å². The summed E-state index contributed by atoms with van der Waals surface area (Å²) in [5, 5.41) is 11.4. The largest absolute Gasteiger partial charge is 0.480 e. The summed E-state index contributed by atoms with van der Waals surface area (Å²) in [6.07, 6.45) is 0. The van der Waals surface area contributed by atoms with Crippen molar-refractivity contribution in [1.29, 1.82) is 0 Å². The first kappa shape index (κ1) is 26.9. The Morgan fingerprint density at radius 1 is 0.897 bits per heavy atom. The molecule has 0 heterocycles. The molecule has 0 saturated heterocycles. The minimum atomic E-state index is -1.34. The highest BCUT2D eigenvalue weighted by Gasteiger charge is 2.25. The van der Waals surface area contributed by atoms with Crippen LogP contribution < -0.4 is 11.1 Å². The number of carboxylic acids is 1. The number of carbonyl (C=O) groups is 6. The molecule has 0 aliphatic carbocycles. The highest BCUT2D eigenvalue weighted by atomic mass is 32.2. The van der Waals surface area contributed by atoms with Gasteiger partial charge in [-0.25, -0.2) is 14.4 Å². The number of nitrogens with one attached hydrogen (secondary N) is 1. The first-order valence-corrected chi connectivity index (χ1v) is 10.8. The summed E-state index contributed by atoms with van der Waals surface area (Å²) >= 11 is 1.78. The molecule has 0 bridgehead atoms. The second kappa shape index (κ2) is 14.8. The van der Waals surface area contributed by atoms with Crippen LogP contribution in [0.1, 0.15) is 13.8 Å². The van der Waals surface area contributed by atoms with Crippen LogP contribution in [0, 0.1) is 0 Å². The third-order valence-electron chi connectivity index (χ3n) is 3.01. The van der Waals surface area contributed by atoms with E-state index in [1.165, 1.54) is 0 Å². The SMILES string of the molecule is CCOC(=O)C(=O)CSCC(N)C(=O)NC(CSCC(=O)C(=O)OCC)C(=O)O. The Morgan fingerprint density at radius 2 is 1.34 bits per heavy atom. The van der Waals surface area contributed by atoms with Crippen molar-refractivity contribution >= 4 is 58.9 Å². The van der Waals surface area contributed by atoms with E-state index in [1.807, 2.05) is 0 Å². The fourth-order valence-electron chi connectivity index (χ4n) is 1.62. The van der Waals surface area contributed by atoms with Gasteiger partial charge in [-0.1, -0.05) is 0 Å². The molecule has 0 aromatic rings. The normalized spacial score (nSPS) is 12.4. The summed E-state index contributed by atoms with van der Waals surface area (Å²) in [5.41, 5.74) is 5.66. The lowest BCUT2D eigenvalue weighted by Gasteiger charge is -2.17. The van der Waals surface area contributed by atoms with Gasteiger partial charge in [0.1, 0.15) is 6.04 Å². The van der Waals surface area contributed by atoms with Crippen molar-refractivity contribution in [1.82, 2.24) is 5.32 Å². The fourth-order valence-corrected chi connectivity index (χ4v) is 3.33. The second-order valence-electron chi connectivity index (χ2n) is 5.32. The Hall–Kier alpha value is -2.12. The second-order valence-corrected chi connectivity index (χ2v) is 7.38. The van der Waals surface area contributed by atoms with Gasteiger partial charge in [0.25, 0.3) is 0 Å². The molecule has 0 radical (unpaired) electrons. The van der Waals surface area contributed by atoms with Gasteiger partial charge in [-0.05, 0) is 13.8 Å². The lowest BCUT2D eigenvalue weighted by atomic mass is 10.3. The quantitative estimate of drug-likeness (QED) is 0.196. The van der Waals surface area contributed by atoms with Crippen LogP contribution in [0.3, 0.4) is 0 Å². The molecule has 164 valence electrons. The minimum Gasteiger partial charge on any atom is -0.480 e. The molecule has 2 unspecified atom stereocenters. The van der Waals surface area contributed by atoms with Gasteiger partial charge in [-0.15, -0.1) is 0 Å². The van der Waals surface area contributed by atoms with Gasteiger partial charge in [-0.3, -0.25) is 14.4 Å². The van der Waals surface area contributed by atoms with Gasteiger partial charge in [0.2, 0.25) is 17.5 Å². The molecule has 1 amide bonds. The number of nitrogens with two attached hydrogens (primary N) is 1. The standard InChI is InChI=1S/C16H24N2O9S2/c1-3-26-15(24)11(19)7-28-5-9(17)13(21)18-10(14(22)23)6-29-8-12(20)16(25)27-4-2/h9-10H,3-8,17H2,1-2H3,(H,18,21)(H,22,23). The average molecular weight is 453 g/mol. The van der Waals surface area contributed by atoms with Crippen molar-refractivity contribution in [2.24, 2.45) is 5.73 Å². The van der Waals surface area contributed by atoms with E-state index in [0.29, 0.717) is 0 Å². The number of amides is 1. The zero-order valence-electron chi connectivity index (χ0n) is 16.0. The van der Waals surface area contributed by atoms with E-state index >= 15 is 0 Å². The maximum atomic E-state index is 12.0. The van der Waals surface area contributed by atoms with Crippen LogP contribution in [-0.4, -0.2) is 88.8 Å². The van der Waals surface area contributed by atoms with Crippen molar-refractivity contribution in [2.75, 3.05) is 36.2 Å². The molecular weight excluding hydrogens is 428 g/mol. The number of ether oxygens (including phenoxy) is 2. The molecule has 0 aliphatic heterocycles. The van der Waals surface area contributed by atoms with E-state index in [9.17, 15) is 33.9 Å². The molecule has 0 fully saturated rings. The number of thioether (sulfide) groups is 2. The number of carbonyl (C=O) groups excluding carboxylic acids is 5. The number of Topliss-reactive ketones (excluding diaryl/α,β-unsaturated/α-hetero) is 2. The Labute approximate surface area is 175 Å². The zero-order valence-corrected chi connectivity index (χ0v) is 17.6. The highest BCUT2D eigenvalue weighted by Crippen LogP contribution is 2.07. The Balaban J connectivity index is 4.39. The van der Waals surface area contributed by atoms with E-state index < -0.39 is 47.5 Å². The zero-order chi connectivity index (χ0) is 22.4. The summed E-state index contributed by atoms with van der Waals surface area (Å²) in [7, 11) is 0. The summed E-state index contributed by atoms with van der Waals surface area (Å²) < 4.78 is 9.07. The molecule has 0 aromatic carbocycles. The van der Waals surface area contributed by atoms with Gasteiger partial charge in [0.05, 0.1) is 30.8 Å². The van der Waals surface area contributed by atoms with Crippen LogP contribution in [-0.2, 0) is 38.2 Å². The maximum Gasteiger partial charge on any atom is 0.375 e. The lowest BCUT2D eigenvalue weighted by Crippen LogP contribution is -2.50. The molecule has 4 N–H and O–H groups in total. The highest BCUT2D eigenvalue weighted by molar-refractivity contribution is 8.00. The van der Waals surface area contributed by atoms with Gasteiger partial charge >= 0.3 is 17.9 Å². The molecule has 11 nitrogen and oxygen atoms in total. The van der Waals surface area contributed by atoms with Gasteiger partial charge < -0.3 is 25.6 Å². The number of ketones is 2. The number of esters is 2. The Bertz CT molecular complexity index is 628. The maximum absolute atomic E-state index is 12.0. The third-order valence-corrected chi connectivity index (χ3v) is 5.10. The molecule has 0 spiro atoms. The van der Waals surface area contributed by atoms with Gasteiger partial charge in [0, 0.05) is 11.5 Å². The van der Waals surface area contributed by atoms with E-state index in [-0.39, 0.29) is 36.2 Å². The van der Waals surface area contributed by atoms with Gasteiger partial charge in [0.15, 0.2) is 0 Å². The summed E-state index contributed by atoms with van der Waals surface area (Å²) in [6, 6.07) is -2.46. The van der Waals surface area contributed by atoms with Crippen molar-refractivity contribution in [3.63, 3.8) is 0 Å². The predicted molar refractivity (Wildman–Crippen MR) is 105 cm³/mol. The van der Waals surface area contributed by atoms with Crippen LogP contribution >= 0.6 is 23.5 Å². The Kier molecular flexibility index (Phi) is 13.7. The van der Waals surface area contributed by atoms with Gasteiger partial charge in [-0.2, -0.15) is 23.5 Å². The molecular formula is C16H24N2O9S2. The topological polar surface area (TPSA) is 179 Å². The van der Waals surface area contributed by atoms with Crippen LogP contribution in [0.25, 0.3) is 0 Å². The Morgan fingerprint density at radius 3 is 1.76 bits per heavy atom. The molecule has 0 rings (SSSR count). The van der Waals surface area contributed by atoms with Crippen molar-refractivity contribution in [3.05, 3.63) is 0 Å². The molecule has 13 heteroatoms. The van der Waals surface area contributed by atoms with Crippen LogP contribution in [0.2, 0.25) is 0 Å². The van der Waals surface area contributed by atoms with Crippen LogP contribution in [0.15, 0.2) is 0 Å². The smallest absolute Gasteiger partial charge is 0.375 e.